The summed E-state index contributed by atoms with van der Waals surface area (Å²) >= 11 is 1.50. The fourth-order valence-corrected chi connectivity index (χ4v) is 3.49. The molecule has 0 atom stereocenters. The Hall–Kier alpha value is -1.99. The number of aromatic nitrogens is 2. The quantitative estimate of drug-likeness (QED) is 0.840. The van der Waals surface area contributed by atoms with E-state index in [1.807, 2.05) is 17.0 Å². The minimum atomic E-state index is 0.0637. The number of carbonyl (C=O) groups excluding carboxylic acids is 1. The molecule has 23 heavy (non-hydrogen) atoms. The van der Waals surface area contributed by atoms with Crippen LogP contribution in [-0.4, -0.2) is 47.1 Å². The lowest BCUT2D eigenvalue weighted by Gasteiger charge is -2.31. The molecule has 0 saturated carbocycles. The zero-order valence-electron chi connectivity index (χ0n) is 13.0. The van der Waals surface area contributed by atoms with Gasteiger partial charge in [-0.25, -0.2) is 9.97 Å². The predicted octanol–water partition coefficient (Wildman–Crippen LogP) is 2.37. The number of thiophene rings is 1. The highest BCUT2D eigenvalue weighted by atomic mass is 32.1. The molecular weight excluding hydrogens is 314 g/mol. The Bertz CT molecular complexity index is 639. The van der Waals surface area contributed by atoms with E-state index in [4.69, 9.17) is 9.47 Å². The van der Waals surface area contributed by atoms with Crippen molar-refractivity contribution in [1.82, 2.24) is 14.9 Å². The molecule has 1 aliphatic rings. The van der Waals surface area contributed by atoms with Gasteiger partial charge >= 0.3 is 6.01 Å². The van der Waals surface area contributed by atoms with E-state index in [0.29, 0.717) is 25.7 Å². The van der Waals surface area contributed by atoms with E-state index in [1.54, 1.807) is 25.6 Å². The lowest BCUT2D eigenvalue weighted by Crippen LogP contribution is -2.41. The Morgan fingerprint density at radius 1 is 1.30 bits per heavy atom. The number of ether oxygens (including phenoxy) is 2. The maximum absolute atomic E-state index is 12.5. The Balaban J connectivity index is 1.52. The molecule has 0 aliphatic carbocycles. The summed E-state index contributed by atoms with van der Waals surface area (Å²) in [6.07, 6.45) is 4.97. The number of piperidine rings is 1. The van der Waals surface area contributed by atoms with Crippen LogP contribution in [0.1, 0.15) is 27.4 Å². The average Bonchev–Trinajstić information content (AvgIpc) is 3.05. The van der Waals surface area contributed by atoms with E-state index in [2.05, 4.69) is 9.97 Å². The van der Waals surface area contributed by atoms with Crippen molar-refractivity contribution in [2.45, 2.75) is 25.6 Å². The Morgan fingerprint density at radius 3 is 2.74 bits per heavy atom. The standard InChI is InChI=1S/C16H19N3O3S/c1-21-11-13-3-4-14(23-13)15(20)19-9-5-12(6-10-19)22-16-17-7-2-8-18-16/h2-4,7-8,12H,5-6,9-11H2,1H3. The van der Waals surface area contributed by atoms with Crippen molar-refractivity contribution in [1.29, 1.82) is 0 Å². The van der Waals surface area contributed by atoms with E-state index >= 15 is 0 Å². The number of nitrogens with zero attached hydrogens (tertiary/aromatic N) is 3. The molecule has 3 rings (SSSR count). The van der Waals surface area contributed by atoms with Gasteiger partial charge in [0.2, 0.25) is 0 Å². The number of hydrogen-bond donors (Lipinski definition) is 0. The Kier molecular flexibility index (Phi) is 5.19. The highest BCUT2D eigenvalue weighted by molar-refractivity contribution is 7.14. The third-order valence-corrected chi connectivity index (χ3v) is 4.75. The van der Waals surface area contributed by atoms with Crippen molar-refractivity contribution in [2.75, 3.05) is 20.2 Å². The van der Waals surface area contributed by atoms with Crippen LogP contribution in [0.25, 0.3) is 0 Å². The molecule has 3 heterocycles. The molecule has 0 unspecified atom stereocenters. The van der Waals surface area contributed by atoms with E-state index in [0.717, 1.165) is 22.6 Å². The van der Waals surface area contributed by atoms with Crippen molar-refractivity contribution in [2.24, 2.45) is 0 Å². The molecule has 6 nitrogen and oxygen atoms in total. The van der Waals surface area contributed by atoms with Crippen LogP contribution in [0.3, 0.4) is 0 Å². The fourth-order valence-electron chi connectivity index (χ4n) is 2.54. The number of hydrogen-bond acceptors (Lipinski definition) is 6. The van der Waals surface area contributed by atoms with Crippen molar-refractivity contribution in [3.8, 4) is 6.01 Å². The van der Waals surface area contributed by atoms with Gasteiger partial charge in [0.25, 0.3) is 5.91 Å². The van der Waals surface area contributed by atoms with Crippen LogP contribution < -0.4 is 4.74 Å². The van der Waals surface area contributed by atoms with E-state index in [9.17, 15) is 4.79 Å². The summed E-state index contributed by atoms with van der Waals surface area (Å²) in [5, 5.41) is 0. The SMILES string of the molecule is COCc1ccc(C(=O)N2CCC(Oc3ncccn3)CC2)s1. The Morgan fingerprint density at radius 2 is 2.04 bits per heavy atom. The van der Waals surface area contributed by atoms with Crippen molar-refractivity contribution in [3.63, 3.8) is 0 Å². The van der Waals surface area contributed by atoms with Crippen LogP contribution in [0.2, 0.25) is 0 Å². The smallest absolute Gasteiger partial charge is 0.316 e. The van der Waals surface area contributed by atoms with Gasteiger partial charge in [-0.1, -0.05) is 0 Å². The van der Waals surface area contributed by atoms with Crippen LogP contribution in [0, 0.1) is 0 Å². The third kappa shape index (κ3) is 4.05. The summed E-state index contributed by atoms with van der Waals surface area (Å²) in [6.45, 7) is 1.92. The summed E-state index contributed by atoms with van der Waals surface area (Å²) in [6, 6.07) is 5.98. The largest absolute Gasteiger partial charge is 0.460 e. The van der Waals surface area contributed by atoms with Gasteiger partial charge in [-0.05, 0) is 18.2 Å². The molecule has 0 radical (unpaired) electrons. The second-order valence-corrected chi connectivity index (χ2v) is 6.51. The van der Waals surface area contributed by atoms with Gasteiger partial charge in [0.05, 0.1) is 11.5 Å². The maximum Gasteiger partial charge on any atom is 0.316 e. The minimum absolute atomic E-state index is 0.0637. The molecule has 1 fully saturated rings. The van der Waals surface area contributed by atoms with E-state index < -0.39 is 0 Å². The first-order valence-corrected chi connectivity index (χ1v) is 8.38. The molecule has 1 amide bonds. The van der Waals surface area contributed by atoms with Crippen LogP contribution in [0.15, 0.2) is 30.6 Å². The predicted molar refractivity (Wildman–Crippen MR) is 86.6 cm³/mol. The van der Waals surface area contributed by atoms with Crippen LogP contribution in [0.5, 0.6) is 6.01 Å². The highest BCUT2D eigenvalue weighted by Crippen LogP contribution is 2.22. The number of methoxy groups -OCH3 is 1. The first-order valence-electron chi connectivity index (χ1n) is 7.57. The number of carbonyl (C=O) groups is 1. The van der Waals surface area contributed by atoms with E-state index in [1.165, 1.54) is 11.3 Å². The van der Waals surface area contributed by atoms with Crippen molar-refractivity contribution < 1.29 is 14.3 Å². The first kappa shape index (κ1) is 15.9. The monoisotopic (exact) mass is 333 g/mol. The third-order valence-electron chi connectivity index (χ3n) is 3.70. The zero-order valence-corrected chi connectivity index (χ0v) is 13.8. The second kappa shape index (κ2) is 7.52. The van der Waals surface area contributed by atoms with Gasteiger partial charge in [0, 0.05) is 50.3 Å². The van der Waals surface area contributed by atoms with Gasteiger partial charge in [0.15, 0.2) is 0 Å². The number of rotatable bonds is 5. The van der Waals surface area contributed by atoms with Crippen LogP contribution in [-0.2, 0) is 11.3 Å². The summed E-state index contributed by atoms with van der Waals surface area (Å²) in [5.41, 5.74) is 0. The molecule has 122 valence electrons. The zero-order chi connectivity index (χ0) is 16.1. The molecule has 2 aromatic heterocycles. The molecule has 2 aromatic rings. The van der Waals surface area contributed by atoms with E-state index in [-0.39, 0.29) is 12.0 Å². The summed E-state index contributed by atoms with van der Waals surface area (Å²) in [5.74, 6) is 0.0896. The average molecular weight is 333 g/mol. The molecule has 0 spiro atoms. The molecule has 7 heteroatoms. The lowest BCUT2D eigenvalue weighted by molar-refractivity contribution is 0.0583. The van der Waals surface area contributed by atoms with Gasteiger partial charge in [-0.2, -0.15) is 0 Å². The number of amides is 1. The van der Waals surface area contributed by atoms with Gasteiger partial charge in [-0.15, -0.1) is 11.3 Å². The van der Waals surface area contributed by atoms with Crippen LogP contribution >= 0.6 is 11.3 Å². The van der Waals surface area contributed by atoms with Gasteiger partial charge < -0.3 is 14.4 Å². The first-order chi connectivity index (χ1) is 11.3. The summed E-state index contributed by atoms with van der Waals surface area (Å²) < 4.78 is 10.8. The topological polar surface area (TPSA) is 64.5 Å². The maximum atomic E-state index is 12.5. The van der Waals surface area contributed by atoms with Crippen LogP contribution in [0.4, 0.5) is 0 Å². The molecule has 1 aliphatic heterocycles. The summed E-state index contributed by atoms with van der Waals surface area (Å²) in [4.78, 5) is 24.4. The normalized spacial score (nSPS) is 15.6. The summed E-state index contributed by atoms with van der Waals surface area (Å²) in [7, 11) is 1.66. The molecular formula is C16H19N3O3S. The Labute approximate surface area is 139 Å². The van der Waals surface area contributed by atoms with Gasteiger partial charge in [0.1, 0.15) is 6.10 Å². The molecule has 0 N–H and O–H groups in total. The fraction of sp³-hybridized carbons (Fsp3) is 0.438. The minimum Gasteiger partial charge on any atom is -0.460 e. The highest BCUT2D eigenvalue weighted by Gasteiger charge is 2.26. The molecule has 0 bridgehead atoms. The second-order valence-electron chi connectivity index (χ2n) is 5.34. The van der Waals surface area contributed by atoms with Crippen molar-refractivity contribution >= 4 is 17.2 Å². The van der Waals surface area contributed by atoms with Gasteiger partial charge in [-0.3, -0.25) is 4.79 Å². The molecule has 0 aromatic carbocycles. The number of likely N-dealkylation sites (tertiary alicyclic amines) is 1. The lowest BCUT2D eigenvalue weighted by atomic mass is 10.1. The van der Waals surface area contributed by atoms with Crippen molar-refractivity contribution in [3.05, 3.63) is 40.3 Å². The molecule has 1 saturated heterocycles.